The standard InChI is InChI=1S/C14H28F2N2/c1-13(2,3)17-10-14(7-5-6-8-14)11-18(4)9-12(15)16/h12,17H,5-11H2,1-4H3. The molecule has 2 nitrogen and oxygen atoms in total. The molecule has 0 aromatic heterocycles. The van der Waals surface area contributed by atoms with Gasteiger partial charge < -0.3 is 10.2 Å². The topological polar surface area (TPSA) is 15.3 Å². The van der Waals surface area contributed by atoms with E-state index in [1.165, 1.54) is 12.8 Å². The summed E-state index contributed by atoms with van der Waals surface area (Å²) in [5, 5.41) is 3.55. The van der Waals surface area contributed by atoms with Gasteiger partial charge in [0.05, 0.1) is 6.54 Å². The molecular formula is C14H28F2N2. The molecule has 0 amide bonds. The van der Waals surface area contributed by atoms with Crippen molar-refractivity contribution in [2.24, 2.45) is 5.41 Å². The number of hydrogen-bond acceptors (Lipinski definition) is 2. The number of halogens is 2. The Morgan fingerprint density at radius 2 is 1.78 bits per heavy atom. The Morgan fingerprint density at radius 3 is 2.22 bits per heavy atom. The number of rotatable bonds is 6. The van der Waals surface area contributed by atoms with Gasteiger partial charge in [-0.1, -0.05) is 12.8 Å². The molecule has 1 aliphatic rings. The summed E-state index contributed by atoms with van der Waals surface area (Å²) < 4.78 is 24.8. The Bertz CT molecular complexity index is 243. The van der Waals surface area contributed by atoms with Crippen LogP contribution in [0.2, 0.25) is 0 Å². The van der Waals surface area contributed by atoms with Gasteiger partial charge in [0.15, 0.2) is 0 Å². The summed E-state index contributed by atoms with van der Waals surface area (Å²) in [6.07, 6.45) is 2.54. The molecule has 108 valence electrons. The molecule has 1 N–H and O–H groups in total. The van der Waals surface area contributed by atoms with Crippen molar-refractivity contribution in [3.63, 3.8) is 0 Å². The van der Waals surface area contributed by atoms with Gasteiger partial charge in [-0.15, -0.1) is 0 Å². The maximum Gasteiger partial charge on any atom is 0.251 e. The van der Waals surface area contributed by atoms with Crippen LogP contribution >= 0.6 is 0 Å². The zero-order chi connectivity index (χ0) is 13.8. The van der Waals surface area contributed by atoms with Gasteiger partial charge in [0, 0.05) is 18.6 Å². The fraction of sp³-hybridized carbons (Fsp3) is 1.00. The Hall–Kier alpha value is -0.220. The van der Waals surface area contributed by atoms with Crippen LogP contribution in [0.15, 0.2) is 0 Å². The molecule has 0 atom stereocenters. The predicted octanol–water partition coefficient (Wildman–Crippen LogP) is 3.13. The molecule has 1 aliphatic carbocycles. The van der Waals surface area contributed by atoms with Gasteiger partial charge in [0.25, 0.3) is 6.43 Å². The fourth-order valence-electron chi connectivity index (χ4n) is 2.84. The van der Waals surface area contributed by atoms with Crippen LogP contribution in [-0.4, -0.2) is 43.5 Å². The zero-order valence-electron chi connectivity index (χ0n) is 12.2. The minimum absolute atomic E-state index is 0.0941. The van der Waals surface area contributed by atoms with Gasteiger partial charge in [-0.05, 0) is 46.1 Å². The van der Waals surface area contributed by atoms with E-state index in [-0.39, 0.29) is 17.5 Å². The van der Waals surface area contributed by atoms with Crippen molar-refractivity contribution >= 4 is 0 Å². The quantitative estimate of drug-likeness (QED) is 0.791. The van der Waals surface area contributed by atoms with Crippen molar-refractivity contribution in [2.75, 3.05) is 26.7 Å². The maximum absolute atomic E-state index is 12.4. The number of hydrogen-bond donors (Lipinski definition) is 1. The highest BCUT2D eigenvalue weighted by Crippen LogP contribution is 2.38. The Morgan fingerprint density at radius 1 is 1.22 bits per heavy atom. The molecule has 0 unspecified atom stereocenters. The van der Waals surface area contributed by atoms with E-state index in [1.807, 2.05) is 7.05 Å². The van der Waals surface area contributed by atoms with Crippen LogP contribution < -0.4 is 5.32 Å². The molecule has 0 bridgehead atoms. The van der Waals surface area contributed by atoms with Crippen LogP contribution in [0.4, 0.5) is 8.78 Å². The fourth-order valence-corrected chi connectivity index (χ4v) is 2.84. The summed E-state index contributed by atoms with van der Waals surface area (Å²) in [6, 6.07) is 0. The van der Waals surface area contributed by atoms with E-state index in [1.54, 1.807) is 4.90 Å². The van der Waals surface area contributed by atoms with E-state index < -0.39 is 6.43 Å². The molecule has 0 spiro atoms. The lowest BCUT2D eigenvalue weighted by Crippen LogP contribution is -2.47. The maximum atomic E-state index is 12.4. The minimum atomic E-state index is -2.23. The van der Waals surface area contributed by atoms with Crippen LogP contribution in [0.5, 0.6) is 0 Å². The van der Waals surface area contributed by atoms with Gasteiger partial charge in [-0.3, -0.25) is 0 Å². The van der Waals surface area contributed by atoms with Crippen molar-refractivity contribution < 1.29 is 8.78 Å². The highest BCUT2D eigenvalue weighted by molar-refractivity contribution is 4.91. The molecule has 0 aromatic rings. The van der Waals surface area contributed by atoms with E-state index >= 15 is 0 Å². The first-order chi connectivity index (χ1) is 8.22. The summed E-state index contributed by atoms with van der Waals surface area (Å²) >= 11 is 0. The molecule has 1 rings (SSSR count). The Kier molecular flexibility index (Phi) is 5.53. The monoisotopic (exact) mass is 262 g/mol. The average molecular weight is 262 g/mol. The molecular weight excluding hydrogens is 234 g/mol. The van der Waals surface area contributed by atoms with E-state index in [4.69, 9.17) is 0 Å². The summed E-state index contributed by atoms with van der Waals surface area (Å²) in [5.74, 6) is 0. The first-order valence-corrected chi connectivity index (χ1v) is 6.94. The van der Waals surface area contributed by atoms with Crippen molar-refractivity contribution in [3.8, 4) is 0 Å². The van der Waals surface area contributed by atoms with Gasteiger partial charge in [0.1, 0.15) is 0 Å². The van der Waals surface area contributed by atoms with E-state index in [2.05, 4.69) is 26.1 Å². The summed E-state index contributed by atoms with van der Waals surface area (Å²) in [7, 11) is 1.81. The third kappa shape index (κ3) is 5.61. The Labute approximate surface area is 110 Å². The van der Waals surface area contributed by atoms with Crippen LogP contribution in [0.25, 0.3) is 0 Å². The van der Waals surface area contributed by atoms with Gasteiger partial charge in [0.2, 0.25) is 0 Å². The second kappa shape index (κ2) is 6.29. The largest absolute Gasteiger partial charge is 0.311 e. The minimum Gasteiger partial charge on any atom is -0.311 e. The van der Waals surface area contributed by atoms with Crippen molar-refractivity contribution in [2.45, 2.75) is 58.4 Å². The van der Waals surface area contributed by atoms with Crippen LogP contribution in [-0.2, 0) is 0 Å². The molecule has 18 heavy (non-hydrogen) atoms. The second-order valence-electron chi connectivity index (χ2n) is 6.90. The van der Waals surface area contributed by atoms with Gasteiger partial charge in [-0.2, -0.15) is 0 Å². The van der Waals surface area contributed by atoms with Crippen molar-refractivity contribution in [1.82, 2.24) is 10.2 Å². The van der Waals surface area contributed by atoms with E-state index in [9.17, 15) is 8.78 Å². The first-order valence-electron chi connectivity index (χ1n) is 6.94. The number of alkyl halides is 2. The molecule has 1 saturated carbocycles. The summed E-state index contributed by atoms with van der Waals surface area (Å²) in [5.41, 5.74) is 0.286. The lowest BCUT2D eigenvalue weighted by atomic mass is 9.84. The van der Waals surface area contributed by atoms with E-state index in [0.717, 1.165) is 25.9 Å². The normalized spacial score (nSPS) is 20.0. The predicted molar refractivity (Wildman–Crippen MR) is 72.2 cm³/mol. The van der Waals surface area contributed by atoms with Gasteiger partial charge >= 0.3 is 0 Å². The zero-order valence-corrected chi connectivity index (χ0v) is 12.2. The highest BCUT2D eigenvalue weighted by Gasteiger charge is 2.35. The SMILES string of the molecule is CN(CC(F)F)CC1(CNC(C)(C)C)CCCC1. The summed E-state index contributed by atoms with van der Waals surface area (Å²) in [4.78, 5) is 1.79. The second-order valence-corrected chi connectivity index (χ2v) is 6.90. The van der Waals surface area contributed by atoms with E-state index in [0.29, 0.717) is 0 Å². The molecule has 1 fully saturated rings. The van der Waals surface area contributed by atoms with Crippen LogP contribution in [0.1, 0.15) is 46.5 Å². The lowest BCUT2D eigenvalue weighted by Gasteiger charge is -2.36. The molecule has 0 heterocycles. The third-order valence-electron chi connectivity index (χ3n) is 3.71. The van der Waals surface area contributed by atoms with Crippen molar-refractivity contribution in [1.29, 1.82) is 0 Å². The molecule has 4 heteroatoms. The number of nitrogens with zero attached hydrogens (tertiary/aromatic N) is 1. The average Bonchev–Trinajstić information content (AvgIpc) is 2.61. The van der Waals surface area contributed by atoms with Crippen LogP contribution in [0.3, 0.4) is 0 Å². The third-order valence-corrected chi connectivity index (χ3v) is 3.71. The highest BCUT2D eigenvalue weighted by atomic mass is 19.3. The van der Waals surface area contributed by atoms with Crippen molar-refractivity contribution in [3.05, 3.63) is 0 Å². The van der Waals surface area contributed by atoms with Gasteiger partial charge in [-0.25, -0.2) is 8.78 Å². The lowest BCUT2D eigenvalue weighted by molar-refractivity contribution is 0.0735. The molecule has 0 saturated heterocycles. The van der Waals surface area contributed by atoms with Crippen LogP contribution in [0, 0.1) is 5.41 Å². The molecule has 0 aromatic carbocycles. The molecule has 0 aliphatic heterocycles. The Balaban J connectivity index is 2.52. The summed E-state index contributed by atoms with van der Waals surface area (Å²) in [6.45, 7) is 8.05. The molecule has 0 radical (unpaired) electrons. The smallest absolute Gasteiger partial charge is 0.251 e. The first kappa shape index (κ1) is 15.8. The number of nitrogens with one attached hydrogen (secondary N) is 1.